The van der Waals surface area contributed by atoms with E-state index in [4.69, 9.17) is 4.42 Å². The van der Waals surface area contributed by atoms with E-state index in [-0.39, 0.29) is 17.7 Å². The molecule has 0 radical (unpaired) electrons. The molecule has 5 nitrogen and oxygen atoms in total. The molecular formula is C11H14N2O3. The lowest BCUT2D eigenvalue weighted by molar-refractivity contribution is -0.141. The van der Waals surface area contributed by atoms with Crippen molar-refractivity contribution in [2.24, 2.45) is 5.92 Å². The molecule has 0 unspecified atom stereocenters. The van der Waals surface area contributed by atoms with E-state index >= 15 is 0 Å². The number of nitrogens with one attached hydrogen (secondary N) is 1. The van der Waals surface area contributed by atoms with Gasteiger partial charge < -0.3 is 14.6 Å². The third-order valence-electron chi connectivity index (χ3n) is 2.71. The smallest absolute Gasteiger partial charge is 0.227 e. The number of likely N-dealkylation sites (tertiary alicyclic amines) is 1. The Balaban J connectivity index is 1.72. The standard InChI is InChI=1S/C11H14N2O3/c1-8(14)13-6-9(7-13)11(15)12-5-10-3-2-4-16-10/h2-4,9H,5-7H2,1H3,(H,12,15). The van der Waals surface area contributed by atoms with Gasteiger partial charge in [0.25, 0.3) is 0 Å². The molecule has 0 aliphatic carbocycles. The van der Waals surface area contributed by atoms with Crippen molar-refractivity contribution in [1.82, 2.24) is 10.2 Å². The highest BCUT2D eigenvalue weighted by atomic mass is 16.3. The number of nitrogens with zero attached hydrogens (tertiary/aromatic N) is 1. The van der Waals surface area contributed by atoms with Crippen LogP contribution in [0, 0.1) is 5.92 Å². The predicted molar refractivity (Wildman–Crippen MR) is 56.3 cm³/mol. The van der Waals surface area contributed by atoms with Gasteiger partial charge in [0, 0.05) is 20.0 Å². The van der Waals surface area contributed by atoms with Crippen LogP contribution in [0.15, 0.2) is 22.8 Å². The van der Waals surface area contributed by atoms with Crippen LogP contribution in [0.4, 0.5) is 0 Å². The van der Waals surface area contributed by atoms with Crippen molar-refractivity contribution >= 4 is 11.8 Å². The zero-order chi connectivity index (χ0) is 11.5. The molecule has 1 aromatic heterocycles. The number of carbonyl (C=O) groups is 2. The van der Waals surface area contributed by atoms with Crippen molar-refractivity contribution in [2.75, 3.05) is 13.1 Å². The van der Waals surface area contributed by atoms with Crippen LogP contribution >= 0.6 is 0 Å². The van der Waals surface area contributed by atoms with Crippen molar-refractivity contribution in [3.05, 3.63) is 24.2 Å². The van der Waals surface area contributed by atoms with Crippen LogP contribution in [0.1, 0.15) is 12.7 Å². The Kier molecular flexibility index (Phi) is 2.94. The van der Waals surface area contributed by atoms with E-state index in [1.807, 2.05) is 6.07 Å². The van der Waals surface area contributed by atoms with E-state index in [1.165, 1.54) is 6.92 Å². The minimum absolute atomic E-state index is 0.0195. The highest BCUT2D eigenvalue weighted by Gasteiger charge is 2.33. The Hall–Kier alpha value is -1.78. The lowest BCUT2D eigenvalue weighted by atomic mass is 9.99. The van der Waals surface area contributed by atoms with E-state index in [9.17, 15) is 9.59 Å². The molecule has 0 bridgehead atoms. The van der Waals surface area contributed by atoms with Gasteiger partial charge in [0.2, 0.25) is 11.8 Å². The highest BCUT2D eigenvalue weighted by Crippen LogP contribution is 2.15. The number of furan rings is 1. The van der Waals surface area contributed by atoms with Gasteiger partial charge in [0.05, 0.1) is 18.7 Å². The predicted octanol–water partition coefficient (Wildman–Crippen LogP) is 0.374. The molecule has 1 aliphatic rings. The van der Waals surface area contributed by atoms with E-state index in [2.05, 4.69) is 5.32 Å². The van der Waals surface area contributed by atoms with Gasteiger partial charge in [0.15, 0.2) is 0 Å². The van der Waals surface area contributed by atoms with Gasteiger partial charge in [-0.1, -0.05) is 0 Å². The van der Waals surface area contributed by atoms with Crippen LogP contribution in [-0.4, -0.2) is 29.8 Å². The maximum Gasteiger partial charge on any atom is 0.227 e. The second kappa shape index (κ2) is 4.38. The molecule has 2 heterocycles. The summed E-state index contributed by atoms with van der Waals surface area (Å²) in [6.45, 7) is 2.97. The first-order valence-electron chi connectivity index (χ1n) is 5.22. The summed E-state index contributed by atoms with van der Waals surface area (Å²) in [5, 5.41) is 2.78. The van der Waals surface area contributed by atoms with Crippen LogP contribution in [0.25, 0.3) is 0 Å². The first-order chi connectivity index (χ1) is 7.66. The molecule has 0 atom stereocenters. The fraction of sp³-hybridized carbons (Fsp3) is 0.455. The molecule has 1 fully saturated rings. The lowest BCUT2D eigenvalue weighted by Crippen LogP contribution is -2.55. The number of rotatable bonds is 3. The molecule has 16 heavy (non-hydrogen) atoms. The fourth-order valence-electron chi connectivity index (χ4n) is 1.63. The number of hydrogen-bond acceptors (Lipinski definition) is 3. The van der Waals surface area contributed by atoms with E-state index in [0.29, 0.717) is 19.6 Å². The summed E-state index contributed by atoms with van der Waals surface area (Å²) in [6, 6.07) is 3.59. The molecule has 5 heteroatoms. The van der Waals surface area contributed by atoms with Gasteiger partial charge in [-0.05, 0) is 12.1 Å². The van der Waals surface area contributed by atoms with Gasteiger partial charge in [-0.3, -0.25) is 9.59 Å². The summed E-state index contributed by atoms with van der Waals surface area (Å²) >= 11 is 0. The monoisotopic (exact) mass is 222 g/mol. The molecule has 1 saturated heterocycles. The van der Waals surface area contributed by atoms with Crippen molar-refractivity contribution in [1.29, 1.82) is 0 Å². The van der Waals surface area contributed by atoms with Crippen molar-refractivity contribution in [3.63, 3.8) is 0 Å². The fourth-order valence-corrected chi connectivity index (χ4v) is 1.63. The van der Waals surface area contributed by atoms with Gasteiger partial charge in [-0.25, -0.2) is 0 Å². The second-order valence-electron chi connectivity index (χ2n) is 3.92. The molecular weight excluding hydrogens is 208 g/mol. The minimum Gasteiger partial charge on any atom is -0.467 e. The summed E-state index contributed by atoms with van der Waals surface area (Å²) in [6.07, 6.45) is 1.57. The molecule has 0 aromatic carbocycles. The maximum absolute atomic E-state index is 11.6. The van der Waals surface area contributed by atoms with Gasteiger partial charge in [-0.2, -0.15) is 0 Å². The normalized spacial score (nSPS) is 15.7. The average molecular weight is 222 g/mol. The first kappa shape index (κ1) is 10.7. The summed E-state index contributed by atoms with van der Waals surface area (Å²) < 4.78 is 5.10. The molecule has 2 amide bonds. The highest BCUT2D eigenvalue weighted by molar-refractivity contribution is 5.83. The number of carbonyl (C=O) groups excluding carboxylic acids is 2. The molecule has 86 valence electrons. The third-order valence-corrected chi connectivity index (χ3v) is 2.71. The summed E-state index contributed by atoms with van der Waals surface area (Å²) in [5.74, 6) is 0.666. The zero-order valence-corrected chi connectivity index (χ0v) is 9.10. The minimum atomic E-state index is -0.0705. The Bertz CT molecular complexity index is 380. The van der Waals surface area contributed by atoms with Crippen LogP contribution in [-0.2, 0) is 16.1 Å². The summed E-state index contributed by atoms with van der Waals surface area (Å²) in [7, 11) is 0. The van der Waals surface area contributed by atoms with Crippen LogP contribution in [0.3, 0.4) is 0 Å². The number of hydrogen-bond donors (Lipinski definition) is 1. The van der Waals surface area contributed by atoms with Gasteiger partial charge >= 0.3 is 0 Å². The number of amides is 2. The molecule has 1 aliphatic heterocycles. The lowest BCUT2D eigenvalue weighted by Gasteiger charge is -2.37. The van der Waals surface area contributed by atoms with Crippen LogP contribution in [0.5, 0.6) is 0 Å². The maximum atomic E-state index is 11.6. The van der Waals surface area contributed by atoms with E-state index in [0.717, 1.165) is 5.76 Å². The Morgan fingerprint density at radius 1 is 1.56 bits per heavy atom. The van der Waals surface area contributed by atoms with Crippen molar-refractivity contribution in [2.45, 2.75) is 13.5 Å². The van der Waals surface area contributed by atoms with Crippen molar-refractivity contribution in [3.8, 4) is 0 Å². The largest absolute Gasteiger partial charge is 0.467 e. The molecule has 0 saturated carbocycles. The Labute approximate surface area is 93.4 Å². The SMILES string of the molecule is CC(=O)N1CC(C(=O)NCc2ccco2)C1. The zero-order valence-electron chi connectivity index (χ0n) is 9.10. The van der Waals surface area contributed by atoms with E-state index < -0.39 is 0 Å². The second-order valence-corrected chi connectivity index (χ2v) is 3.92. The first-order valence-corrected chi connectivity index (χ1v) is 5.22. The van der Waals surface area contributed by atoms with E-state index in [1.54, 1.807) is 17.2 Å². The molecule has 0 spiro atoms. The van der Waals surface area contributed by atoms with Crippen LogP contribution in [0.2, 0.25) is 0 Å². The molecule has 1 aromatic rings. The average Bonchev–Trinajstić information content (AvgIpc) is 2.63. The quantitative estimate of drug-likeness (QED) is 0.804. The Morgan fingerprint density at radius 3 is 2.88 bits per heavy atom. The van der Waals surface area contributed by atoms with Crippen LogP contribution < -0.4 is 5.32 Å². The molecule has 2 rings (SSSR count). The Morgan fingerprint density at radius 2 is 2.31 bits per heavy atom. The summed E-state index contributed by atoms with van der Waals surface area (Å²) in [5.41, 5.74) is 0. The van der Waals surface area contributed by atoms with Gasteiger partial charge in [-0.15, -0.1) is 0 Å². The van der Waals surface area contributed by atoms with Gasteiger partial charge in [0.1, 0.15) is 5.76 Å². The summed E-state index contributed by atoms with van der Waals surface area (Å²) in [4.78, 5) is 24.2. The third kappa shape index (κ3) is 2.24. The molecule has 1 N–H and O–H groups in total. The topological polar surface area (TPSA) is 62.6 Å². The van der Waals surface area contributed by atoms with Crippen molar-refractivity contribution < 1.29 is 14.0 Å².